The Balaban J connectivity index is 1.47. The normalized spacial score (nSPS) is 14.6. The van der Waals surface area contributed by atoms with Gasteiger partial charge in [0.05, 0.1) is 5.56 Å². The van der Waals surface area contributed by atoms with Crippen molar-refractivity contribution in [3.8, 4) is 5.75 Å². The zero-order valence-corrected chi connectivity index (χ0v) is 16.5. The summed E-state index contributed by atoms with van der Waals surface area (Å²) >= 11 is 0. The van der Waals surface area contributed by atoms with E-state index in [0.717, 1.165) is 23.3 Å². The van der Waals surface area contributed by atoms with E-state index in [1.165, 1.54) is 0 Å². The van der Waals surface area contributed by atoms with Crippen LogP contribution < -0.4 is 10.1 Å². The average molecular weight is 402 g/mol. The second-order valence-corrected chi connectivity index (χ2v) is 7.31. The Morgan fingerprint density at radius 1 is 1.10 bits per heavy atom. The van der Waals surface area contributed by atoms with E-state index in [0.29, 0.717) is 37.7 Å². The zero-order chi connectivity index (χ0) is 21.0. The Morgan fingerprint density at radius 3 is 2.48 bits per heavy atom. The van der Waals surface area contributed by atoms with Crippen LogP contribution in [0.4, 0.5) is 8.78 Å². The molecule has 0 radical (unpaired) electrons. The molecule has 0 atom stereocenters. The molecule has 154 valence electrons. The Labute approximate surface area is 168 Å². The van der Waals surface area contributed by atoms with Gasteiger partial charge in [0.15, 0.2) is 6.61 Å². The molecule has 0 aliphatic carbocycles. The van der Waals surface area contributed by atoms with Crippen molar-refractivity contribution in [2.45, 2.75) is 32.7 Å². The highest BCUT2D eigenvalue weighted by Crippen LogP contribution is 2.19. The van der Waals surface area contributed by atoms with E-state index in [4.69, 9.17) is 4.74 Å². The highest BCUT2D eigenvalue weighted by Gasteiger charge is 2.25. The monoisotopic (exact) mass is 402 g/mol. The molecule has 5 nitrogen and oxygen atoms in total. The van der Waals surface area contributed by atoms with Crippen molar-refractivity contribution < 1.29 is 23.1 Å². The van der Waals surface area contributed by atoms with Gasteiger partial charge in [-0.05, 0) is 50.5 Å². The maximum atomic E-state index is 13.7. The number of likely N-dealkylation sites (tertiary alicyclic amines) is 1. The lowest BCUT2D eigenvalue weighted by atomic mass is 10.0. The van der Waals surface area contributed by atoms with Gasteiger partial charge < -0.3 is 15.0 Å². The molecule has 0 aromatic heterocycles. The first-order chi connectivity index (χ1) is 13.8. The molecule has 1 aliphatic heterocycles. The van der Waals surface area contributed by atoms with Crippen molar-refractivity contribution in [1.82, 2.24) is 10.2 Å². The molecule has 1 aliphatic rings. The van der Waals surface area contributed by atoms with Crippen molar-refractivity contribution in [3.05, 3.63) is 64.7 Å². The minimum atomic E-state index is -0.890. The quantitative estimate of drug-likeness (QED) is 0.834. The summed E-state index contributed by atoms with van der Waals surface area (Å²) in [5.41, 5.74) is 1.92. The van der Waals surface area contributed by atoms with E-state index in [-0.39, 0.29) is 24.1 Å². The van der Waals surface area contributed by atoms with Crippen LogP contribution in [0.25, 0.3) is 0 Å². The Kier molecular flexibility index (Phi) is 6.46. The number of amides is 2. The van der Waals surface area contributed by atoms with Crippen LogP contribution in [0.5, 0.6) is 5.75 Å². The molecular formula is C22H24F2N2O3. The number of hydrogen-bond donors (Lipinski definition) is 1. The van der Waals surface area contributed by atoms with Crippen molar-refractivity contribution in [2.24, 2.45) is 0 Å². The summed E-state index contributed by atoms with van der Waals surface area (Å²) in [5, 5.41) is 2.75. The molecule has 7 heteroatoms. The predicted octanol–water partition coefficient (Wildman–Crippen LogP) is 3.38. The van der Waals surface area contributed by atoms with E-state index < -0.39 is 17.5 Å². The second kappa shape index (κ2) is 9.03. The zero-order valence-electron chi connectivity index (χ0n) is 16.5. The van der Waals surface area contributed by atoms with E-state index in [9.17, 15) is 18.4 Å². The van der Waals surface area contributed by atoms with E-state index in [1.807, 2.05) is 32.0 Å². The number of ether oxygens (including phenoxy) is 1. The van der Waals surface area contributed by atoms with Gasteiger partial charge >= 0.3 is 0 Å². The number of halogens is 2. The van der Waals surface area contributed by atoms with E-state index in [2.05, 4.69) is 5.32 Å². The molecule has 3 rings (SSSR count). The molecular weight excluding hydrogens is 378 g/mol. The third kappa shape index (κ3) is 5.31. The SMILES string of the molecule is Cc1ccc(OCC(=O)N2CCC(NC(=O)c3ccc(F)cc3F)CC2)c(C)c1. The number of nitrogens with one attached hydrogen (secondary N) is 1. The molecule has 0 saturated carbocycles. The summed E-state index contributed by atoms with van der Waals surface area (Å²) in [6, 6.07) is 8.48. The molecule has 29 heavy (non-hydrogen) atoms. The average Bonchev–Trinajstić information content (AvgIpc) is 2.67. The van der Waals surface area contributed by atoms with Crippen LogP contribution in [0.15, 0.2) is 36.4 Å². The van der Waals surface area contributed by atoms with Gasteiger partial charge in [0, 0.05) is 25.2 Å². The van der Waals surface area contributed by atoms with Crippen LogP contribution in [-0.4, -0.2) is 42.5 Å². The summed E-state index contributed by atoms with van der Waals surface area (Å²) in [6.07, 6.45) is 1.12. The van der Waals surface area contributed by atoms with Crippen LogP contribution in [0.3, 0.4) is 0 Å². The van der Waals surface area contributed by atoms with Crippen molar-refractivity contribution in [3.63, 3.8) is 0 Å². The first-order valence-corrected chi connectivity index (χ1v) is 9.57. The van der Waals surface area contributed by atoms with Gasteiger partial charge in [-0.15, -0.1) is 0 Å². The molecule has 2 amide bonds. The van der Waals surface area contributed by atoms with Crippen LogP contribution in [0.1, 0.15) is 34.3 Å². The Morgan fingerprint density at radius 2 is 1.83 bits per heavy atom. The number of hydrogen-bond acceptors (Lipinski definition) is 3. The number of piperidine rings is 1. The fourth-order valence-electron chi connectivity index (χ4n) is 3.40. The lowest BCUT2D eigenvalue weighted by Crippen LogP contribution is -2.47. The predicted molar refractivity (Wildman–Crippen MR) is 105 cm³/mol. The Hall–Kier alpha value is -2.96. The van der Waals surface area contributed by atoms with Crippen molar-refractivity contribution in [2.75, 3.05) is 19.7 Å². The number of carbonyl (C=O) groups is 2. The van der Waals surface area contributed by atoms with Crippen molar-refractivity contribution in [1.29, 1.82) is 0 Å². The first-order valence-electron chi connectivity index (χ1n) is 9.57. The first kappa shape index (κ1) is 20.8. The maximum absolute atomic E-state index is 13.7. The lowest BCUT2D eigenvalue weighted by Gasteiger charge is -2.32. The fraction of sp³-hybridized carbons (Fsp3) is 0.364. The highest BCUT2D eigenvalue weighted by molar-refractivity contribution is 5.94. The summed E-state index contributed by atoms with van der Waals surface area (Å²) in [6.45, 7) is 4.85. The largest absolute Gasteiger partial charge is 0.484 e. The standard InChI is InChI=1S/C22H24F2N2O3/c1-14-3-6-20(15(2)11-14)29-13-21(27)26-9-7-17(8-10-26)25-22(28)18-5-4-16(23)12-19(18)24/h3-6,11-12,17H,7-10,13H2,1-2H3,(H,25,28). The topological polar surface area (TPSA) is 58.6 Å². The number of nitrogens with zero attached hydrogens (tertiary/aromatic N) is 1. The molecule has 2 aromatic rings. The smallest absolute Gasteiger partial charge is 0.260 e. The third-order valence-corrected chi connectivity index (χ3v) is 5.04. The van der Waals surface area contributed by atoms with E-state index >= 15 is 0 Å². The second-order valence-electron chi connectivity index (χ2n) is 7.31. The maximum Gasteiger partial charge on any atom is 0.260 e. The van der Waals surface area contributed by atoms with Gasteiger partial charge in [0.1, 0.15) is 17.4 Å². The molecule has 0 unspecified atom stereocenters. The van der Waals surface area contributed by atoms with Crippen molar-refractivity contribution >= 4 is 11.8 Å². The molecule has 1 fully saturated rings. The van der Waals surface area contributed by atoms with Gasteiger partial charge in [0.25, 0.3) is 11.8 Å². The molecule has 2 aromatic carbocycles. The summed E-state index contributed by atoms with van der Waals surface area (Å²) in [7, 11) is 0. The number of rotatable bonds is 5. The summed E-state index contributed by atoms with van der Waals surface area (Å²) in [4.78, 5) is 26.3. The number of aryl methyl sites for hydroxylation is 2. The number of carbonyl (C=O) groups excluding carboxylic acids is 2. The molecule has 1 saturated heterocycles. The molecule has 1 N–H and O–H groups in total. The van der Waals surface area contributed by atoms with Crippen LogP contribution in [-0.2, 0) is 4.79 Å². The molecule has 1 heterocycles. The fourth-order valence-corrected chi connectivity index (χ4v) is 3.40. The van der Waals surface area contributed by atoms with Gasteiger partial charge in [0.2, 0.25) is 0 Å². The summed E-state index contributed by atoms with van der Waals surface area (Å²) in [5.74, 6) is -1.62. The third-order valence-electron chi connectivity index (χ3n) is 5.04. The minimum Gasteiger partial charge on any atom is -0.484 e. The van der Waals surface area contributed by atoms with Crippen LogP contribution >= 0.6 is 0 Å². The van der Waals surface area contributed by atoms with Gasteiger partial charge in [-0.1, -0.05) is 17.7 Å². The minimum absolute atomic E-state index is 0.0400. The van der Waals surface area contributed by atoms with Gasteiger partial charge in [-0.2, -0.15) is 0 Å². The van der Waals surface area contributed by atoms with Gasteiger partial charge in [-0.25, -0.2) is 8.78 Å². The molecule has 0 bridgehead atoms. The number of benzene rings is 2. The van der Waals surface area contributed by atoms with Crippen LogP contribution in [0, 0.1) is 25.5 Å². The van der Waals surface area contributed by atoms with Crippen LogP contribution in [0.2, 0.25) is 0 Å². The molecule has 0 spiro atoms. The summed E-state index contributed by atoms with van der Waals surface area (Å²) < 4.78 is 32.4. The van der Waals surface area contributed by atoms with E-state index in [1.54, 1.807) is 4.90 Å². The highest BCUT2D eigenvalue weighted by atomic mass is 19.1. The lowest BCUT2D eigenvalue weighted by molar-refractivity contribution is -0.134. The van der Waals surface area contributed by atoms with Gasteiger partial charge in [-0.3, -0.25) is 9.59 Å². The Bertz CT molecular complexity index is 909.